The molecule has 0 aliphatic heterocycles. The highest BCUT2D eigenvalue weighted by molar-refractivity contribution is 14.1. The number of carbonyl (C=O) groups is 1. The maximum atomic E-state index is 9.58. The Balaban J connectivity index is 0. The van der Waals surface area contributed by atoms with E-state index in [0.29, 0.717) is 4.43 Å². The Morgan fingerprint density at radius 2 is 2.00 bits per heavy atom. The predicted octanol–water partition coefficient (Wildman–Crippen LogP) is 0.525. The van der Waals surface area contributed by atoms with Crippen molar-refractivity contribution in [1.82, 2.24) is 0 Å². The molecule has 0 heterocycles. The molecule has 0 unspecified atom stereocenters. The molecule has 0 aromatic heterocycles. The summed E-state index contributed by atoms with van der Waals surface area (Å²) in [4.78, 5) is 9.58. The summed E-state index contributed by atoms with van der Waals surface area (Å²) in [6, 6.07) is 0. The number of primary amides is 1. The molecule has 6 heavy (non-hydrogen) atoms. The zero-order chi connectivity index (χ0) is 4.28. The van der Waals surface area contributed by atoms with Crippen molar-refractivity contribution in [2.75, 3.05) is 4.43 Å². The number of amides is 1. The van der Waals surface area contributed by atoms with E-state index in [1.165, 1.54) is 0 Å². The first kappa shape index (κ1) is 10.0. The number of alkyl halides is 1. The Hall–Kier alpha value is 0.930. The molecule has 2 nitrogen and oxygen atoms in total. The lowest BCUT2D eigenvalue weighted by molar-refractivity contribution is -0.115. The third-order valence-electron chi connectivity index (χ3n) is 0.132. The molecule has 0 spiro atoms. The molecule has 0 aliphatic rings. The molecule has 0 aliphatic carbocycles. The summed E-state index contributed by atoms with van der Waals surface area (Å²) in [5, 5.41) is 0. The molecule has 0 saturated heterocycles. The van der Waals surface area contributed by atoms with Crippen molar-refractivity contribution >= 4 is 52.5 Å². The van der Waals surface area contributed by atoms with Gasteiger partial charge in [-0.15, -0.1) is 24.0 Å². The Morgan fingerprint density at radius 1 is 1.83 bits per heavy atom. The van der Waals surface area contributed by atoms with E-state index in [1.807, 2.05) is 22.6 Å². The largest absolute Gasteiger partial charge is 0.369 e. The topological polar surface area (TPSA) is 43.1 Å². The van der Waals surface area contributed by atoms with Gasteiger partial charge in [0.15, 0.2) is 0 Å². The van der Waals surface area contributed by atoms with Crippen molar-refractivity contribution in [2.45, 2.75) is 0 Å². The molecule has 4 heteroatoms. The summed E-state index contributed by atoms with van der Waals surface area (Å²) in [6.07, 6.45) is 0. The summed E-state index contributed by atoms with van der Waals surface area (Å²) >= 11 is 1.90. The standard InChI is InChI=1S/C2H4INO.HI/c3-1-2(4)5;/h1H2,(H2,4,5);1H. The summed E-state index contributed by atoms with van der Waals surface area (Å²) in [5.74, 6) is -0.259. The second-order valence-corrected chi connectivity index (χ2v) is 1.36. The normalized spacial score (nSPS) is 6.17. The van der Waals surface area contributed by atoms with E-state index >= 15 is 0 Å². The van der Waals surface area contributed by atoms with Crippen LogP contribution in [0.2, 0.25) is 0 Å². The fourth-order valence-corrected chi connectivity index (χ4v) is 0. The number of hydrogen-bond acceptors (Lipinski definition) is 1. The van der Waals surface area contributed by atoms with Gasteiger partial charge in [0.2, 0.25) is 5.91 Å². The van der Waals surface area contributed by atoms with Gasteiger partial charge in [0.05, 0.1) is 4.43 Å². The highest BCUT2D eigenvalue weighted by Gasteiger charge is 1.79. The van der Waals surface area contributed by atoms with Gasteiger partial charge in [-0.2, -0.15) is 0 Å². The van der Waals surface area contributed by atoms with Crippen LogP contribution >= 0.6 is 46.6 Å². The van der Waals surface area contributed by atoms with Gasteiger partial charge in [-0.25, -0.2) is 0 Å². The molecule has 0 fully saturated rings. The number of rotatable bonds is 1. The molecule has 1 amide bonds. The van der Waals surface area contributed by atoms with Crippen LogP contribution in [-0.4, -0.2) is 10.3 Å². The van der Waals surface area contributed by atoms with E-state index in [4.69, 9.17) is 0 Å². The molecule has 0 rings (SSSR count). The van der Waals surface area contributed by atoms with Crippen LogP contribution in [0.25, 0.3) is 0 Å². The van der Waals surface area contributed by atoms with Crippen LogP contribution in [0.5, 0.6) is 0 Å². The second-order valence-electron chi connectivity index (χ2n) is 0.600. The van der Waals surface area contributed by atoms with E-state index in [2.05, 4.69) is 5.73 Å². The van der Waals surface area contributed by atoms with E-state index in [1.54, 1.807) is 0 Å². The number of hydrogen-bond donors (Lipinski definition) is 1. The molecular weight excluding hydrogens is 308 g/mol. The van der Waals surface area contributed by atoms with Crippen LogP contribution in [0, 0.1) is 0 Å². The van der Waals surface area contributed by atoms with Crippen molar-refractivity contribution < 1.29 is 4.79 Å². The lowest BCUT2D eigenvalue weighted by Gasteiger charge is -1.71. The Bertz CT molecular complexity index is 46.8. The van der Waals surface area contributed by atoms with E-state index in [0.717, 1.165) is 0 Å². The van der Waals surface area contributed by atoms with Crippen molar-refractivity contribution in [3.8, 4) is 0 Å². The van der Waals surface area contributed by atoms with E-state index in [-0.39, 0.29) is 29.9 Å². The quantitative estimate of drug-likeness (QED) is 0.557. The number of carbonyl (C=O) groups excluding carboxylic acids is 1. The average molecular weight is 313 g/mol. The van der Waals surface area contributed by atoms with Crippen LogP contribution in [0.4, 0.5) is 0 Å². The monoisotopic (exact) mass is 313 g/mol. The van der Waals surface area contributed by atoms with Gasteiger partial charge in [-0.3, -0.25) is 4.79 Å². The Kier molecular flexibility index (Phi) is 9.91. The number of nitrogens with two attached hydrogens (primary N) is 1. The third-order valence-corrected chi connectivity index (χ3v) is 0.884. The van der Waals surface area contributed by atoms with Crippen molar-refractivity contribution in [3.63, 3.8) is 0 Å². The minimum Gasteiger partial charge on any atom is -0.369 e. The molecule has 0 aromatic carbocycles. The van der Waals surface area contributed by atoms with Gasteiger partial charge in [0, 0.05) is 0 Å². The van der Waals surface area contributed by atoms with Crippen molar-refractivity contribution in [3.05, 3.63) is 0 Å². The first-order valence-corrected chi connectivity index (χ1v) is 2.64. The maximum absolute atomic E-state index is 9.58. The fraction of sp³-hybridized carbons (Fsp3) is 0.500. The molecule has 38 valence electrons. The minimum absolute atomic E-state index is 0. The summed E-state index contributed by atoms with van der Waals surface area (Å²) in [6.45, 7) is 0. The zero-order valence-corrected chi connectivity index (χ0v) is 7.47. The molecule has 0 saturated carbocycles. The minimum atomic E-state index is -0.259. The lowest BCUT2D eigenvalue weighted by atomic mass is 10.8. The predicted molar refractivity (Wildman–Crippen MR) is 43.5 cm³/mol. The second kappa shape index (κ2) is 5.93. The van der Waals surface area contributed by atoms with Gasteiger partial charge < -0.3 is 5.73 Å². The molecular formula is C2H5I2NO. The zero-order valence-electron chi connectivity index (χ0n) is 2.98. The van der Waals surface area contributed by atoms with Crippen LogP contribution in [0.1, 0.15) is 0 Å². The van der Waals surface area contributed by atoms with Gasteiger partial charge >= 0.3 is 0 Å². The average Bonchev–Trinajstić information content (AvgIpc) is 1.38. The molecule has 0 atom stereocenters. The van der Waals surface area contributed by atoms with Crippen LogP contribution in [0.3, 0.4) is 0 Å². The number of halogens is 2. The van der Waals surface area contributed by atoms with Gasteiger partial charge in [-0.1, -0.05) is 22.6 Å². The summed E-state index contributed by atoms with van der Waals surface area (Å²) < 4.78 is 0.414. The summed E-state index contributed by atoms with van der Waals surface area (Å²) in [5.41, 5.74) is 4.65. The van der Waals surface area contributed by atoms with E-state index in [9.17, 15) is 4.79 Å². The summed E-state index contributed by atoms with van der Waals surface area (Å²) in [7, 11) is 0. The molecule has 0 radical (unpaired) electrons. The van der Waals surface area contributed by atoms with Crippen LogP contribution in [-0.2, 0) is 4.79 Å². The first-order valence-electron chi connectivity index (χ1n) is 1.11. The molecule has 2 N–H and O–H groups in total. The fourth-order valence-electron chi connectivity index (χ4n) is 0. The van der Waals surface area contributed by atoms with Crippen LogP contribution in [0.15, 0.2) is 0 Å². The first-order chi connectivity index (χ1) is 2.27. The lowest BCUT2D eigenvalue weighted by Crippen LogP contribution is -2.10. The smallest absolute Gasteiger partial charge is 0.227 e. The molecule has 0 bridgehead atoms. The molecule has 0 aromatic rings. The van der Waals surface area contributed by atoms with Crippen molar-refractivity contribution in [1.29, 1.82) is 0 Å². The highest BCUT2D eigenvalue weighted by atomic mass is 127. The van der Waals surface area contributed by atoms with Gasteiger partial charge in [-0.05, 0) is 0 Å². The third kappa shape index (κ3) is 8.87. The van der Waals surface area contributed by atoms with E-state index < -0.39 is 0 Å². The SMILES string of the molecule is I.NC(=O)CI. The Morgan fingerprint density at radius 3 is 2.00 bits per heavy atom. The Labute approximate surface area is 67.0 Å². The van der Waals surface area contributed by atoms with Gasteiger partial charge in [0.1, 0.15) is 0 Å². The highest BCUT2D eigenvalue weighted by Crippen LogP contribution is 1.72. The maximum Gasteiger partial charge on any atom is 0.227 e. The van der Waals surface area contributed by atoms with Gasteiger partial charge in [0.25, 0.3) is 0 Å². The van der Waals surface area contributed by atoms with Crippen molar-refractivity contribution in [2.24, 2.45) is 5.73 Å². The van der Waals surface area contributed by atoms with Crippen LogP contribution < -0.4 is 5.73 Å².